The first-order valence-electron chi connectivity index (χ1n) is 12.2. The van der Waals surface area contributed by atoms with E-state index in [1.807, 2.05) is 4.90 Å². The summed E-state index contributed by atoms with van der Waals surface area (Å²) in [4.78, 5) is 28.1. The van der Waals surface area contributed by atoms with Gasteiger partial charge in [-0.3, -0.25) is 9.59 Å². The second-order valence-corrected chi connectivity index (χ2v) is 11.3. The maximum atomic E-state index is 13.2. The van der Waals surface area contributed by atoms with Crippen molar-refractivity contribution in [1.82, 2.24) is 9.21 Å². The summed E-state index contributed by atoms with van der Waals surface area (Å²) >= 11 is 0. The minimum atomic E-state index is -3.66. The molecule has 0 aliphatic carbocycles. The number of benzene rings is 2. The standard InChI is InChI=1S/C26H33N3O4S/c1-20-13-17-28(18-14-20)26(31)23-11-4-5-12-24(23)27-25(30)21-9-8-10-22(19-21)34(32,33)29-15-6-2-3-7-16-29/h4-5,8-12,19-20H,2-3,6-7,13-18H2,1H3,(H,27,30). The molecule has 2 heterocycles. The van der Waals surface area contributed by atoms with Crippen LogP contribution in [-0.2, 0) is 10.0 Å². The molecule has 2 saturated heterocycles. The van der Waals surface area contributed by atoms with Crippen molar-refractivity contribution >= 4 is 27.5 Å². The minimum Gasteiger partial charge on any atom is -0.339 e. The van der Waals surface area contributed by atoms with Crippen molar-refractivity contribution in [3.8, 4) is 0 Å². The van der Waals surface area contributed by atoms with Gasteiger partial charge in [0.1, 0.15) is 0 Å². The molecule has 182 valence electrons. The Bertz CT molecular complexity index is 1130. The molecule has 2 aromatic carbocycles. The van der Waals surface area contributed by atoms with Gasteiger partial charge in [0.25, 0.3) is 11.8 Å². The summed E-state index contributed by atoms with van der Waals surface area (Å²) in [7, 11) is -3.66. The molecule has 4 rings (SSSR count). The predicted molar refractivity (Wildman–Crippen MR) is 132 cm³/mol. The summed E-state index contributed by atoms with van der Waals surface area (Å²) < 4.78 is 27.8. The number of likely N-dealkylation sites (tertiary alicyclic amines) is 1. The topological polar surface area (TPSA) is 86.8 Å². The molecule has 0 saturated carbocycles. The fourth-order valence-electron chi connectivity index (χ4n) is 4.58. The van der Waals surface area contributed by atoms with Gasteiger partial charge in [0, 0.05) is 31.7 Å². The van der Waals surface area contributed by atoms with E-state index >= 15 is 0 Å². The molecule has 0 radical (unpaired) electrons. The molecule has 0 spiro atoms. The lowest BCUT2D eigenvalue weighted by atomic mass is 9.98. The van der Waals surface area contributed by atoms with Crippen molar-refractivity contribution in [2.24, 2.45) is 5.92 Å². The van der Waals surface area contributed by atoms with Gasteiger partial charge in [-0.15, -0.1) is 0 Å². The predicted octanol–water partition coefficient (Wildman–Crippen LogP) is 4.38. The van der Waals surface area contributed by atoms with E-state index in [0.717, 1.165) is 38.5 Å². The van der Waals surface area contributed by atoms with E-state index < -0.39 is 15.9 Å². The molecule has 7 nitrogen and oxygen atoms in total. The number of piperidine rings is 1. The second-order valence-electron chi connectivity index (χ2n) is 9.32. The Labute approximate surface area is 202 Å². The van der Waals surface area contributed by atoms with Gasteiger partial charge < -0.3 is 10.2 Å². The van der Waals surface area contributed by atoms with Crippen molar-refractivity contribution in [2.75, 3.05) is 31.5 Å². The van der Waals surface area contributed by atoms with Gasteiger partial charge >= 0.3 is 0 Å². The van der Waals surface area contributed by atoms with E-state index in [0.29, 0.717) is 43.3 Å². The summed E-state index contributed by atoms with van der Waals surface area (Å²) in [5.74, 6) is 0.0672. The molecular formula is C26H33N3O4S. The molecule has 1 N–H and O–H groups in total. The monoisotopic (exact) mass is 483 g/mol. The Morgan fingerprint density at radius 2 is 1.56 bits per heavy atom. The molecule has 0 bridgehead atoms. The number of amides is 2. The third-order valence-electron chi connectivity index (χ3n) is 6.78. The highest BCUT2D eigenvalue weighted by atomic mass is 32.2. The Hall–Kier alpha value is -2.71. The van der Waals surface area contributed by atoms with Crippen LogP contribution < -0.4 is 5.32 Å². The van der Waals surface area contributed by atoms with Crippen LogP contribution in [0.2, 0.25) is 0 Å². The molecule has 2 aliphatic rings. The summed E-state index contributed by atoms with van der Waals surface area (Å²) in [6.45, 7) is 4.61. The van der Waals surface area contributed by atoms with Gasteiger partial charge in [0.2, 0.25) is 10.0 Å². The van der Waals surface area contributed by atoms with Crippen LogP contribution in [0.25, 0.3) is 0 Å². The lowest BCUT2D eigenvalue weighted by Gasteiger charge is -2.30. The molecule has 8 heteroatoms. The van der Waals surface area contributed by atoms with Crippen molar-refractivity contribution in [3.63, 3.8) is 0 Å². The van der Waals surface area contributed by atoms with Gasteiger partial charge in [-0.25, -0.2) is 8.42 Å². The van der Waals surface area contributed by atoms with Gasteiger partial charge in [-0.1, -0.05) is 38.0 Å². The van der Waals surface area contributed by atoms with Gasteiger partial charge in [0.15, 0.2) is 0 Å². The van der Waals surface area contributed by atoms with E-state index in [1.54, 1.807) is 36.4 Å². The van der Waals surface area contributed by atoms with Crippen molar-refractivity contribution < 1.29 is 18.0 Å². The number of para-hydroxylation sites is 1. The zero-order valence-corrected chi connectivity index (χ0v) is 20.5. The third-order valence-corrected chi connectivity index (χ3v) is 8.67. The smallest absolute Gasteiger partial charge is 0.255 e. The fourth-order valence-corrected chi connectivity index (χ4v) is 6.15. The summed E-state index contributed by atoms with van der Waals surface area (Å²) in [5, 5.41) is 2.83. The quantitative estimate of drug-likeness (QED) is 0.684. The maximum absolute atomic E-state index is 13.2. The molecule has 0 unspecified atom stereocenters. The Kier molecular flexibility index (Phi) is 7.68. The van der Waals surface area contributed by atoms with Crippen LogP contribution in [0.3, 0.4) is 0 Å². The average Bonchev–Trinajstić information content (AvgIpc) is 3.15. The average molecular weight is 484 g/mol. The summed E-state index contributed by atoms with van der Waals surface area (Å²) in [6, 6.07) is 13.1. The minimum absolute atomic E-state index is 0.0970. The first-order valence-corrected chi connectivity index (χ1v) is 13.6. The number of carbonyl (C=O) groups is 2. The molecule has 34 heavy (non-hydrogen) atoms. The van der Waals surface area contributed by atoms with E-state index in [-0.39, 0.29) is 16.4 Å². The molecule has 0 atom stereocenters. The van der Waals surface area contributed by atoms with E-state index in [9.17, 15) is 18.0 Å². The number of carbonyl (C=O) groups excluding carboxylic acids is 2. The Balaban J connectivity index is 1.52. The highest BCUT2D eigenvalue weighted by Crippen LogP contribution is 2.24. The Morgan fingerprint density at radius 1 is 0.882 bits per heavy atom. The van der Waals surface area contributed by atoms with Crippen molar-refractivity contribution in [1.29, 1.82) is 0 Å². The van der Waals surface area contributed by atoms with E-state index in [2.05, 4.69) is 12.2 Å². The van der Waals surface area contributed by atoms with Gasteiger partial charge in [-0.2, -0.15) is 4.31 Å². The molecule has 2 fully saturated rings. The molecule has 2 amide bonds. The number of anilines is 1. The number of nitrogens with one attached hydrogen (secondary N) is 1. The highest BCUT2D eigenvalue weighted by Gasteiger charge is 2.27. The van der Waals surface area contributed by atoms with Crippen LogP contribution >= 0.6 is 0 Å². The van der Waals surface area contributed by atoms with Crippen LogP contribution in [0.5, 0.6) is 0 Å². The van der Waals surface area contributed by atoms with Crippen molar-refractivity contribution in [2.45, 2.75) is 50.3 Å². The van der Waals surface area contributed by atoms with Crippen LogP contribution in [0.1, 0.15) is 66.2 Å². The largest absolute Gasteiger partial charge is 0.339 e. The van der Waals surface area contributed by atoms with Gasteiger partial charge in [0.05, 0.1) is 16.1 Å². The summed E-state index contributed by atoms with van der Waals surface area (Å²) in [5.41, 5.74) is 1.11. The number of nitrogens with zero attached hydrogens (tertiary/aromatic N) is 2. The third kappa shape index (κ3) is 5.50. The second kappa shape index (κ2) is 10.7. The zero-order valence-electron chi connectivity index (χ0n) is 19.7. The zero-order chi connectivity index (χ0) is 24.1. The molecule has 2 aliphatic heterocycles. The molecule has 0 aromatic heterocycles. The fraction of sp³-hybridized carbons (Fsp3) is 0.462. The lowest BCUT2D eigenvalue weighted by Crippen LogP contribution is -2.38. The highest BCUT2D eigenvalue weighted by molar-refractivity contribution is 7.89. The molecular weight excluding hydrogens is 450 g/mol. The first kappa shape index (κ1) is 24.4. The van der Waals surface area contributed by atoms with Crippen LogP contribution in [0.4, 0.5) is 5.69 Å². The van der Waals surface area contributed by atoms with Gasteiger partial charge in [-0.05, 0) is 61.9 Å². The van der Waals surface area contributed by atoms with Crippen LogP contribution in [-0.4, -0.2) is 55.6 Å². The van der Waals surface area contributed by atoms with E-state index in [1.165, 1.54) is 16.4 Å². The number of rotatable bonds is 5. The lowest BCUT2D eigenvalue weighted by molar-refractivity contribution is 0.0698. The van der Waals surface area contributed by atoms with Crippen LogP contribution in [0.15, 0.2) is 53.4 Å². The summed E-state index contributed by atoms with van der Waals surface area (Å²) in [6.07, 6.45) is 5.70. The van der Waals surface area contributed by atoms with Crippen LogP contribution in [0, 0.1) is 5.92 Å². The Morgan fingerprint density at radius 3 is 2.26 bits per heavy atom. The number of hydrogen-bond donors (Lipinski definition) is 1. The molecule has 2 aromatic rings. The first-order chi connectivity index (χ1) is 16.4. The SMILES string of the molecule is CC1CCN(C(=O)c2ccccc2NC(=O)c2cccc(S(=O)(=O)N3CCCCCC3)c2)CC1. The number of hydrogen-bond acceptors (Lipinski definition) is 4. The normalized spacial score (nSPS) is 18.3. The maximum Gasteiger partial charge on any atom is 0.255 e. The van der Waals surface area contributed by atoms with Crippen molar-refractivity contribution in [3.05, 3.63) is 59.7 Å². The van der Waals surface area contributed by atoms with E-state index in [4.69, 9.17) is 0 Å². The number of sulfonamides is 1.